The van der Waals surface area contributed by atoms with Gasteiger partial charge in [-0.2, -0.15) is 0 Å². The summed E-state index contributed by atoms with van der Waals surface area (Å²) >= 11 is 0. The largest absolute Gasteiger partial charge is 0.419 e. The van der Waals surface area contributed by atoms with Gasteiger partial charge in [0.1, 0.15) is 0 Å². The normalized spacial score (nSPS) is 10.7. The average Bonchev–Trinajstić information content (AvgIpc) is 3.17. The zero-order chi connectivity index (χ0) is 22.0. The Balaban J connectivity index is 1.51. The molecule has 0 unspecified atom stereocenters. The molecule has 8 nitrogen and oxygen atoms in total. The lowest BCUT2D eigenvalue weighted by atomic mass is 10.1. The third kappa shape index (κ3) is 3.95. The van der Waals surface area contributed by atoms with E-state index in [1.165, 1.54) is 15.8 Å². The quantitative estimate of drug-likeness (QED) is 0.546. The van der Waals surface area contributed by atoms with Crippen molar-refractivity contribution in [3.63, 3.8) is 0 Å². The van der Waals surface area contributed by atoms with Gasteiger partial charge in [0, 0.05) is 36.9 Å². The van der Waals surface area contributed by atoms with E-state index in [9.17, 15) is 9.59 Å². The molecule has 0 spiro atoms. The molecular formula is C23H21N5O3. The molecule has 0 atom stereocenters. The van der Waals surface area contributed by atoms with Gasteiger partial charge in [-0.25, -0.2) is 14.5 Å². The van der Waals surface area contributed by atoms with E-state index in [1.54, 1.807) is 43.8 Å². The van der Waals surface area contributed by atoms with Crippen molar-refractivity contribution >= 4 is 11.8 Å². The first-order chi connectivity index (χ1) is 15.0. The van der Waals surface area contributed by atoms with Gasteiger partial charge in [0.25, 0.3) is 5.56 Å². The Bertz CT molecular complexity index is 1280. The van der Waals surface area contributed by atoms with Crippen LogP contribution in [0, 0.1) is 13.8 Å². The Kier molecular flexibility index (Phi) is 5.36. The third-order valence-corrected chi connectivity index (χ3v) is 5.11. The molecule has 4 aromatic rings. The van der Waals surface area contributed by atoms with Crippen LogP contribution in [0.1, 0.15) is 11.1 Å². The molecule has 0 aliphatic carbocycles. The lowest BCUT2D eigenvalue weighted by Gasteiger charge is -2.20. The second kappa shape index (κ2) is 8.27. The number of aryl methyl sites for hydroxylation is 1. The highest BCUT2D eigenvalue weighted by molar-refractivity contribution is 5.89. The molecule has 0 saturated carbocycles. The molecule has 4 rings (SSSR count). The second-order valence-corrected chi connectivity index (χ2v) is 7.07. The predicted molar refractivity (Wildman–Crippen MR) is 118 cm³/mol. The van der Waals surface area contributed by atoms with Gasteiger partial charge < -0.3 is 4.74 Å². The standard InChI is InChI=1S/C23H21N5O3/c1-15-6-4-8-20(16(15)2)27(3)23(30)31-18-9-10-21(25-13-18)28-22(29)19(14-26-28)17-7-5-11-24-12-17/h4-14,26H,1-3H3. The summed E-state index contributed by atoms with van der Waals surface area (Å²) in [5.41, 5.74) is 3.81. The maximum absolute atomic E-state index is 12.7. The molecule has 0 aliphatic heterocycles. The molecule has 1 aromatic carbocycles. The Morgan fingerprint density at radius 3 is 2.65 bits per heavy atom. The van der Waals surface area contributed by atoms with Gasteiger partial charge >= 0.3 is 6.09 Å². The summed E-state index contributed by atoms with van der Waals surface area (Å²) in [4.78, 5) is 35.0. The van der Waals surface area contributed by atoms with Gasteiger partial charge in [-0.15, -0.1) is 0 Å². The summed E-state index contributed by atoms with van der Waals surface area (Å²) in [5, 5.41) is 2.90. The van der Waals surface area contributed by atoms with Crippen LogP contribution in [-0.2, 0) is 0 Å². The first-order valence-electron chi connectivity index (χ1n) is 9.64. The molecule has 0 aliphatic rings. The van der Waals surface area contributed by atoms with Gasteiger partial charge in [-0.05, 0) is 49.2 Å². The zero-order valence-electron chi connectivity index (χ0n) is 17.4. The van der Waals surface area contributed by atoms with E-state index in [-0.39, 0.29) is 11.3 Å². The van der Waals surface area contributed by atoms with E-state index in [2.05, 4.69) is 15.1 Å². The van der Waals surface area contributed by atoms with Crippen molar-refractivity contribution < 1.29 is 9.53 Å². The van der Waals surface area contributed by atoms with Crippen molar-refractivity contribution in [1.29, 1.82) is 0 Å². The van der Waals surface area contributed by atoms with Crippen LogP contribution in [0.4, 0.5) is 10.5 Å². The van der Waals surface area contributed by atoms with Crippen molar-refractivity contribution in [3.05, 3.63) is 88.7 Å². The molecule has 3 aromatic heterocycles. The first kappa shape index (κ1) is 20.1. The van der Waals surface area contributed by atoms with Gasteiger partial charge in [0.15, 0.2) is 11.6 Å². The molecule has 3 heterocycles. The minimum absolute atomic E-state index is 0.250. The van der Waals surface area contributed by atoms with Crippen molar-refractivity contribution in [2.75, 3.05) is 11.9 Å². The number of anilines is 1. The monoisotopic (exact) mass is 415 g/mol. The number of hydrogen-bond donors (Lipinski definition) is 1. The van der Waals surface area contributed by atoms with Crippen molar-refractivity contribution in [1.82, 2.24) is 19.7 Å². The topological polar surface area (TPSA) is 93.1 Å². The van der Waals surface area contributed by atoms with Crippen molar-refractivity contribution in [3.8, 4) is 22.7 Å². The number of aromatic nitrogens is 4. The van der Waals surface area contributed by atoms with E-state index in [0.29, 0.717) is 16.9 Å². The van der Waals surface area contributed by atoms with Crippen LogP contribution in [0.2, 0.25) is 0 Å². The minimum atomic E-state index is -0.529. The number of hydrogen-bond acceptors (Lipinski definition) is 5. The maximum Gasteiger partial charge on any atom is 0.419 e. The zero-order valence-corrected chi connectivity index (χ0v) is 17.4. The summed E-state index contributed by atoms with van der Waals surface area (Å²) in [5.74, 6) is 0.654. The lowest BCUT2D eigenvalue weighted by molar-refractivity contribution is 0.209. The lowest BCUT2D eigenvalue weighted by Crippen LogP contribution is -2.30. The SMILES string of the molecule is Cc1cccc(N(C)C(=O)Oc2ccc(-n3[nH]cc(-c4cccnc4)c3=O)nc2)c1C. The summed E-state index contributed by atoms with van der Waals surface area (Å²) in [6, 6.07) is 12.5. The summed E-state index contributed by atoms with van der Waals surface area (Å²) < 4.78 is 6.76. The Morgan fingerprint density at radius 1 is 1.10 bits per heavy atom. The molecule has 0 saturated heterocycles. The molecule has 0 radical (unpaired) electrons. The number of ether oxygens (including phenoxy) is 1. The van der Waals surface area contributed by atoms with Crippen LogP contribution in [0.3, 0.4) is 0 Å². The Hall–Kier alpha value is -4.20. The number of rotatable bonds is 4. The van der Waals surface area contributed by atoms with E-state index in [0.717, 1.165) is 16.8 Å². The van der Waals surface area contributed by atoms with E-state index >= 15 is 0 Å². The number of pyridine rings is 2. The van der Waals surface area contributed by atoms with Gasteiger partial charge in [0.2, 0.25) is 0 Å². The molecular weight excluding hydrogens is 394 g/mol. The van der Waals surface area contributed by atoms with Crippen molar-refractivity contribution in [2.45, 2.75) is 13.8 Å². The average molecular weight is 415 g/mol. The number of benzene rings is 1. The third-order valence-electron chi connectivity index (χ3n) is 5.11. The maximum atomic E-state index is 12.7. The summed E-state index contributed by atoms with van der Waals surface area (Å²) in [6.45, 7) is 3.95. The van der Waals surface area contributed by atoms with Crippen LogP contribution in [0.25, 0.3) is 16.9 Å². The molecule has 1 N–H and O–H groups in total. The van der Waals surface area contributed by atoms with Gasteiger partial charge in [0.05, 0.1) is 11.8 Å². The summed E-state index contributed by atoms with van der Waals surface area (Å²) in [6.07, 6.45) is 5.75. The number of nitrogens with zero attached hydrogens (tertiary/aromatic N) is 4. The van der Waals surface area contributed by atoms with Crippen LogP contribution in [0.15, 0.2) is 72.0 Å². The minimum Gasteiger partial charge on any atom is -0.408 e. The first-order valence-corrected chi connectivity index (χ1v) is 9.64. The van der Waals surface area contributed by atoms with Crippen LogP contribution >= 0.6 is 0 Å². The molecule has 31 heavy (non-hydrogen) atoms. The fourth-order valence-electron chi connectivity index (χ4n) is 3.20. The Labute approximate surface area is 178 Å². The van der Waals surface area contributed by atoms with Crippen LogP contribution in [0.5, 0.6) is 5.75 Å². The Morgan fingerprint density at radius 2 is 1.94 bits per heavy atom. The number of H-pyrrole nitrogens is 1. The van der Waals surface area contributed by atoms with E-state index in [4.69, 9.17) is 4.74 Å². The van der Waals surface area contributed by atoms with Crippen LogP contribution < -0.4 is 15.2 Å². The fraction of sp³-hybridized carbons (Fsp3) is 0.130. The smallest absolute Gasteiger partial charge is 0.408 e. The molecule has 0 bridgehead atoms. The molecule has 0 fully saturated rings. The highest BCUT2D eigenvalue weighted by Crippen LogP contribution is 2.23. The number of amides is 1. The van der Waals surface area contributed by atoms with E-state index < -0.39 is 6.09 Å². The number of aromatic amines is 1. The van der Waals surface area contributed by atoms with Gasteiger partial charge in [-0.1, -0.05) is 18.2 Å². The highest BCUT2D eigenvalue weighted by Gasteiger charge is 2.17. The van der Waals surface area contributed by atoms with E-state index in [1.807, 2.05) is 38.1 Å². The molecule has 8 heteroatoms. The highest BCUT2D eigenvalue weighted by atomic mass is 16.6. The van der Waals surface area contributed by atoms with Gasteiger partial charge in [-0.3, -0.25) is 19.8 Å². The van der Waals surface area contributed by atoms with Crippen LogP contribution in [-0.4, -0.2) is 32.9 Å². The molecule has 156 valence electrons. The molecule has 1 amide bonds. The second-order valence-electron chi connectivity index (χ2n) is 7.07. The predicted octanol–water partition coefficient (Wildman–Crippen LogP) is 3.87. The number of carbonyl (C=O) groups excluding carboxylic acids is 1. The number of nitrogens with one attached hydrogen (secondary N) is 1. The fourth-order valence-corrected chi connectivity index (χ4v) is 3.20. The summed E-state index contributed by atoms with van der Waals surface area (Å²) in [7, 11) is 1.66. The number of carbonyl (C=O) groups is 1. The van der Waals surface area contributed by atoms with Crippen molar-refractivity contribution in [2.24, 2.45) is 0 Å².